The van der Waals surface area contributed by atoms with E-state index in [-0.39, 0.29) is 0 Å². The topological polar surface area (TPSA) is 90.3 Å². The fraction of sp³-hybridized carbons (Fsp3) is 0.360. The molecule has 0 aliphatic carbocycles. The Labute approximate surface area is 208 Å². The van der Waals surface area contributed by atoms with Crippen molar-refractivity contribution in [2.75, 3.05) is 46.6 Å². The van der Waals surface area contributed by atoms with E-state index in [1.807, 2.05) is 23.5 Å². The summed E-state index contributed by atoms with van der Waals surface area (Å²) in [6.07, 6.45) is 4.33. The number of hydrogen-bond donors (Lipinski definition) is 2. The molecular formula is C25H30N2O5S2. The molecule has 0 bridgehead atoms. The molecule has 0 amide bonds. The third kappa shape index (κ3) is 7.02. The number of carboxylic acid groups (broad SMARTS) is 2. The van der Waals surface area contributed by atoms with Crippen molar-refractivity contribution in [3.8, 4) is 5.75 Å². The molecule has 9 heteroatoms. The van der Waals surface area contributed by atoms with Gasteiger partial charge in [-0.3, -0.25) is 4.90 Å². The van der Waals surface area contributed by atoms with Gasteiger partial charge in [0.2, 0.25) is 0 Å². The molecule has 0 saturated carbocycles. The minimum absolute atomic E-state index is 0.437. The molecule has 2 aromatic rings. The molecule has 4 rings (SSSR count). The number of carbonyl (C=O) groups is 2. The van der Waals surface area contributed by atoms with Crippen molar-refractivity contribution in [2.24, 2.45) is 0 Å². The Bertz CT molecular complexity index is 1040. The number of ether oxygens (including phenoxy) is 1. The number of carboxylic acids is 2. The van der Waals surface area contributed by atoms with Crippen molar-refractivity contribution in [2.45, 2.75) is 27.1 Å². The summed E-state index contributed by atoms with van der Waals surface area (Å²) in [5, 5.41) is 15.6. The number of thioether (sulfide) groups is 1. The van der Waals surface area contributed by atoms with Crippen LogP contribution in [-0.4, -0.2) is 78.5 Å². The number of likely N-dealkylation sites (N-methyl/N-ethyl adjacent to an activating group) is 1. The molecular weight excluding hydrogens is 472 g/mol. The third-order valence-corrected chi connectivity index (χ3v) is 7.76. The molecule has 2 N–H and O–H groups in total. The first-order valence-electron chi connectivity index (χ1n) is 10.9. The SMILES string of the molecule is COc1ccc2c(c1)CC(N1CCN(C)CC1)c1cc(SC)ccc1S2.O=C(O)/C=C\C(=O)O. The molecule has 2 aliphatic heterocycles. The molecule has 1 fully saturated rings. The first-order chi connectivity index (χ1) is 16.3. The fourth-order valence-electron chi connectivity index (χ4n) is 3.99. The van der Waals surface area contributed by atoms with E-state index < -0.39 is 11.9 Å². The maximum atomic E-state index is 9.55. The highest BCUT2D eigenvalue weighted by atomic mass is 32.2. The zero-order valence-corrected chi connectivity index (χ0v) is 21.2. The lowest BCUT2D eigenvalue weighted by Crippen LogP contribution is -2.46. The molecule has 2 aliphatic rings. The van der Waals surface area contributed by atoms with Crippen LogP contribution in [0.15, 0.2) is 63.2 Å². The summed E-state index contributed by atoms with van der Waals surface area (Å²) in [5.41, 5.74) is 2.89. The Hall–Kier alpha value is -2.46. The minimum atomic E-state index is -1.26. The van der Waals surface area contributed by atoms with Crippen LogP contribution in [0.25, 0.3) is 0 Å². The van der Waals surface area contributed by atoms with Gasteiger partial charge < -0.3 is 19.8 Å². The first-order valence-corrected chi connectivity index (χ1v) is 12.9. The number of nitrogens with zero attached hydrogens (tertiary/aromatic N) is 2. The molecule has 1 unspecified atom stereocenters. The van der Waals surface area contributed by atoms with Gasteiger partial charge in [-0.2, -0.15) is 0 Å². The summed E-state index contributed by atoms with van der Waals surface area (Å²) in [5.74, 6) is -1.56. The zero-order valence-electron chi connectivity index (χ0n) is 19.6. The number of hydrogen-bond acceptors (Lipinski definition) is 7. The highest BCUT2D eigenvalue weighted by Crippen LogP contribution is 2.44. The van der Waals surface area contributed by atoms with E-state index in [2.05, 4.69) is 59.5 Å². The predicted molar refractivity (Wildman–Crippen MR) is 135 cm³/mol. The number of aliphatic carboxylic acids is 2. The van der Waals surface area contributed by atoms with Crippen molar-refractivity contribution in [3.63, 3.8) is 0 Å². The number of fused-ring (bicyclic) bond motifs is 2. The maximum absolute atomic E-state index is 9.55. The van der Waals surface area contributed by atoms with E-state index >= 15 is 0 Å². The second-order valence-corrected chi connectivity index (χ2v) is 10.0. The van der Waals surface area contributed by atoms with E-state index in [9.17, 15) is 9.59 Å². The molecule has 0 spiro atoms. The van der Waals surface area contributed by atoms with Crippen molar-refractivity contribution in [1.82, 2.24) is 9.80 Å². The molecule has 182 valence electrons. The number of methoxy groups -OCH3 is 1. The summed E-state index contributed by atoms with van der Waals surface area (Å²) >= 11 is 3.74. The second-order valence-electron chi connectivity index (χ2n) is 8.05. The summed E-state index contributed by atoms with van der Waals surface area (Å²) < 4.78 is 5.50. The minimum Gasteiger partial charge on any atom is -0.497 e. The molecule has 34 heavy (non-hydrogen) atoms. The van der Waals surface area contributed by atoms with Crippen LogP contribution in [0.2, 0.25) is 0 Å². The van der Waals surface area contributed by atoms with Crippen LogP contribution in [-0.2, 0) is 16.0 Å². The average molecular weight is 503 g/mol. The average Bonchev–Trinajstić information content (AvgIpc) is 2.99. The Morgan fingerprint density at radius 2 is 1.68 bits per heavy atom. The quantitative estimate of drug-likeness (QED) is 0.463. The van der Waals surface area contributed by atoms with Gasteiger partial charge in [-0.1, -0.05) is 11.8 Å². The third-order valence-electron chi connectivity index (χ3n) is 5.82. The van der Waals surface area contributed by atoms with Gasteiger partial charge in [-0.25, -0.2) is 9.59 Å². The van der Waals surface area contributed by atoms with Gasteiger partial charge in [-0.05, 0) is 67.2 Å². The number of rotatable bonds is 5. The first kappa shape index (κ1) is 26.2. The van der Waals surface area contributed by atoms with Crippen LogP contribution in [0, 0.1) is 0 Å². The van der Waals surface area contributed by atoms with Crippen LogP contribution < -0.4 is 4.74 Å². The standard InChI is InChI=1S/C21H26N2OS2.C4H4O4/c1-22-8-10-23(11-9-22)19-13-15-12-16(24-2)4-6-20(15)26-21-7-5-17(25-3)14-18(19)21;5-3(6)1-2-4(7)8/h4-7,12,14,19H,8-11,13H2,1-3H3;1-2H,(H,5,6)(H,7,8)/b;2-1-. The Morgan fingerprint density at radius 3 is 2.26 bits per heavy atom. The maximum Gasteiger partial charge on any atom is 0.328 e. The summed E-state index contributed by atoms with van der Waals surface area (Å²) in [7, 11) is 3.98. The van der Waals surface area contributed by atoms with Crippen LogP contribution in [0.4, 0.5) is 0 Å². The van der Waals surface area contributed by atoms with E-state index in [0.717, 1.165) is 38.3 Å². The van der Waals surface area contributed by atoms with E-state index in [1.165, 1.54) is 25.8 Å². The molecule has 2 aromatic carbocycles. The van der Waals surface area contributed by atoms with E-state index in [4.69, 9.17) is 14.9 Å². The van der Waals surface area contributed by atoms with E-state index in [0.29, 0.717) is 18.2 Å². The summed E-state index contributed by atoms with van der Waals surface area (Å²) in [4.78, 5) is 28.3. The lowest BCUT2D eigenvalue weighted by Gasteiger charge is -2.38. The smallest absolute Gasteiger partial charge is 0.328 e. The van der Waals surface area contributed by atoms with Crippen molar-refractivity contribution in [3.05, 3.63) is 59.7 Å². The largest absolute Gasteiger partial charge is 0.497 e. The van der Waals surface area contributed by atoms with Crippen molar-refractivity contribution in [1.29, 1.82) is 0 Å². The van der Waals surface area contributed by atoms with Gasteiger partial charge in [0.25, 0.3) is 0 Å². The normalized spacial score (nSPS) is 18.3. The van der Waals surface area contributed by atoms with Gasteiger partial charge in [0, 0.05) is 59.1 Å². The van der Waals surface area contributed by atoms with Gasteiger partial charge in [0.05, 0.1) is 7.11 Å². The lowest BCUT2D eigenvalue weighted by atomic mass is 9.96. The second kappa shape index (κ2) is 12.3. The van der Waals surface area contributed by atoms with Gasteiger partial charge in [0.1, 0.15) is 5.75 Å². The Balaban J connectivity index is 0.000000350. The Kier molecular flexibility index (Phi) is 9.46. The molecule has 1 saturated heterocycles. The molecule has 7 nitrogen and oxygen atoms in total. The van der Waals surface area contributed by atoms with Crippen molar-refractivity contribution < 1.29 is 24.5 Å². The predicted octanol–water partition coefficient (Wildman–Crippen LogP) is 4.12. The highest BCUT2D eigenvalue weighted by molar-refractivity contribution is 7.99. The monoisotopic (exact) mass is 502 g/mol. The molecule has 1 atom stereocenters. The van der Waals surface area contributed by atoms with Crippen LogP contribution >= 0.6 is 23.5 Å². The number of benzene rings is 2. The molecule has 0 radical (unpaired) electrons. The summed E-state index contributed by atoms with van der Waals surface area (Å²) in [6, 6.07) is 14.0. The fourth-order valence-corrected chi connectivity index (χ4v) is 5.53. The number of piperazine rings is 1. The zero-order chi connectivity index (χ0) is 24.7. The van der Waals surface area contributed by atoms with Gasteiger partial charge in [0.15, 0.2) is 0 Å². The Morgan fingerprint density at radius 1 is 1.03 bits per heavy atom. The molecule has 2 heterocycles. The molecule has 0 aromatic heterocycles. The van der Waals surface area contributed by atoms with Crippen molar-refractivity contribution >= 4 is 35.5 Å². The summed E-state index contributed by atoms with van der Waals surface area (Å²) in [6.45, 7) is 4.56. The highest BCUT2D eigenvalue weighted by Gasteiger charge is 2.29. The van der Waals surface area contributed by atoms with Gasteiger partial charge >= 0.3 is 11.9 Å². The van der Waals surface area contributed by atoms with Crippen LogP contribution in [0.3, 0.4) is 0 Å². The van der Waals surface area contributed by atoms with Crippen LogP contribution in [0.1, 0.15) is 17.2 Å². The van der Waals surface area contributed by atoms with Gasteiger partial charge in [-0.15, -0.1) is 11.8 Å². The lowest BCUT2D eigenvalue weighted by molar-refractivity contribution is -0.134. The van der Waals surface area contributed by atoms with Crippen LogP contribution in [0.5, 0.6) is 5.75 Å². The van der Waals surface area contributed by atoms with E-state index in [1.54, 1.807) is 7.11 Å².